The highest BCUT2D eigenvalue weighted by Crippen LogP contribution is 2.11. The van der Waals surface area contributed by atoms with E-state index in [4.69, 9.17) is 5.73 Å². The Labute approximate surface area is 89.9 Å². The molecule has 0 spiro atoms. The van der Waals surface area contributed by atoms with Crippen LogP contribution in [0.2, 0.25) is 0 Å². The van der Waals surface area contributed by atoms with Crippen LogP contribution in [0, 0.1) is 0 Å². The van der Waals surface area contributed by atoms with Gasteiger partial charge in [0.15, 0.2) is 0 Å². The number of carbonyl (C=O) groups excluding carboxylic acids is 1. The van der Waals surface area contributed by atoms with Gasteiger partial charge in [-0.25, -0.2) is 4.98 Å². The fourth-order valence-corrected chi connectivity index (χ4v) is 1.39. The van der Waals surface area contributed by atoms with Gasteiger partial charge >= 0.3 is 0 Å². The Kier molecular flexibility index (Phi) is 4.09. The standard InChI is InChI=1S/C11H17N3O/c1-3-5-9-6-8(11(12)15)7-10(14-9)13-4-2/h6-7H,3-5H2,1-2H3,(H2,12,15)(H,13,14). The number of pyridine rings is 1. The maximum absolute atomic E-state index is 11.1. The molecule has 0 saturated heterocycles. The molecule has 15 heavy (non-hydrogen) atoms. The van der Waals surface area contributed by atoms with Gasteiger partial charge in [0.05, 0.1) is 0 Å². The summed E-state index contributed by atoms with van der Waals surface area (Å²) < 4.78 is 0. The number of nitrogens with one attached hydrogen (secondary N) is 1. The quantitative estimate of drug-likeness (QED) is 0.770. The molecule has 0 unspecified atom stereocenters. The lowest BCUT2D eigenvalue weighted by atomic mass is 10.1. The Morgan fingerprint density at radius 1 is 1.47 bits per heavy atom. The number of rotatable bonds is 5. The molecule has 0 aliphatic carbocycles. The molecule has 1 rings (SSSR count). The van der Waals surface area contributed by atoms with Crippen molar-refractivity contribution in [1.29, 1.82) is 0 Å². The van der Waals surface area contributed by atoms with Crippen molar-refractivity contribution in [3.05, 3.63) is 23.4 Å². The Morgan fingerprint density at radius 3 is 2.73 bits per heavy atom. The van der Waals surface area contributed by atoms with Gasteiger partial charge in [0, 0.05) is 17.8 Å². The van der Waals surface area contributed by atoms with Crippen molar-refractivity contribution in [1.82, 2.24) is 4.98 Å². The number of aromatic nitrogens is 1. The molecule has 4 nitrogen and oxygen atoms in total. The van der Waals surface area contributed by atoms with Crippen LogP contribution in [0.3, 0.4) is 0 Å². The highest BCUT2D eigenvalue weighted by Gasteiger charge is 2.05. The van der Waals surface area contributed by atoms with E-state index in [1.54, 1.807) is 12.1 Å². The molecule has 1 amide bonds. The third-order valence-corrected chi connectivity index (χ3v) is 2.03. The normalized spacial score (nSPS) is 10.0. The van der Waals surface area contributed by atoms with Crippen molar-refractivity contribution in [3.8, 4) is 0 Å². The van der Waals surface area contributed by atoms with Gasteiger partial charge in [0.2, 0.25) is 5.91 Å². The fourth-order valence-electron chi connectivity index (χ4n) is 1.39. The van der Waals surface area contributed by atoms with Crippen molar-refractivity contribution in [2.75, 3.05) is 11.9 Å². The number of aryl methyl sites for hydroxylation is 1. The first kappa shape index (κ1) is 11.5. The summed E-state index contributed by atoms with van der Waals surface area (Å²) in [7, 11) is 0. The van der Waals surface area contributed by atoms with E-state index in [1.807, 2.05) is 6.92 Å². The Morgan fingerprint density at radius 2 is 2.20 bits per heavy atom. The number of carbonyl (C=O) groups is 1. The second-order valence-corrected chi connectivity index (χ2v) is 3.38. The summed E-state index contributed by atoms with van der Waals surface area (Å²) in [5.74, 6) is 0.311. The van der Waals surface area contributed by atoms with Gasteiger partial charge < -0.3 is 11.1 Å². The molecule has 0 fully saturated rings. The lowest BCUT2D eigenvalue weighted by Crippen LogP contribution is -2.13. The summed E-state index contributed by atoms with van der Waals surface area (Å²) >= 11 is 0. The predicted octanol–water partition coefficient (Wildman–Crippen LogP) is 1.56. The van der Waals surface area contributed by atoms with E-state index in [0.717, 1.165) is 30.9 Å². The number of anilines is 1. The van der Waals surface area contributed by atoms with Crippen LogP contribution in [-0.2, 0) is 6.42 Å². The zero-order valence-corrected chi connectivity index (χ0v) is 9.21. The zero-order chi connectivity index (χ0) is 11.3. The minimum atomic E-state index is -0.408. The number of nitrogens with two attached hydrogens (primary N) is 1. The first-order valence-electron chi connectivity index (χ1n) is 5.22. The second kappa shape index (κ2) is 5.34. The van der Waals surface area contributed by atoms with Crippen LogP contribution in [0.4, 0.5) is 5.82 Å². The van der Waals surface area contributed by atoms with E-state index >= 15 is 0 Å². The molecular formula is C11H17N3O. The molecule has 4 heteroatoms. The summed E-state index contributed by atoms with van der Waals surface area (Å²) in [6.45, 7) is 4.84. The van der Waals surface area contributed by atoms with Gasteiger partial charge in [-0.2, -0.15) is 0 Å². The molecule has 0 bridgehead atoms. The van der Waals surface area contributed by atoms with Gasteiger partial charge in [-0.05, 0) is 25.5 Å². The lowest BCUT2D eigenvalue weighted by Gasteiger charge is -2.07. The van der Waals surface area contributed by atoms with E-state index in [0.29, 0.717) is 5.56 Å². The number of hydrogen-bond donors (Lipinski definition) is 2. The Bertz CT molecular complexity index is 325. The molecule has 0 atom stereocenters. The Hall–Kier alpha value is -1.58. The van der Waals surface area contributed by atoms with Crippen molar-refractivity contribution < 1.29 is 4.79 Å². The minimum Gasteiger partial charge on any atom is -0.370 e. The predicted molar refractivity (Wildman–Crippen MR) is 60.9 cm³/mol. The smallest absolute Gasteiger partial charge is 0.248 e. The molecule has 0 saturated carbocycles. The molecule has 0 aliphatic heterocycles. The average Bonchev–Trinajstić information content (AvgIpc) is 2.18. The molecular weight excluding hydrogens is 190 g/mol. The fraction of sp³-hybridized carbons (Fsp3) is 0.455. The summed E-state index contributed by atoms with van der Waals surface area (Å²) in [5, 5.41) is 3.08. The van der Waals surface area contributed by atoms with Gasteiger partial charge in [0.1, 0.15) is 5.82 Å². The number of hydrogen-bond acceptors (Lipinski definition) is 3. The van der Waals surface area contributed by atoms with E-state index in [9.17, 15) is 4.79 Å². The van der Waals surface area contributed by atoms with Gasteiger partial charge in [-0.15, -0.1) is 0 Å². The van der Waals surface area contributed by atoms with Gasteiger partial charge in [0.25, 0.3) is 0 Å². The summed E-state index contributed by atoms with van der Waals surface area (Å²) in [4.78, 5) is 15.5. The monoisotopic (exact) mass is 207 g/mol. The van der Waals surface area contributed by atoms with Gasteiger partial charge in [-0.3, -0.25) is 4.79 Å². The molecule has 82 valence electrons. The maximum Gasteiger partial charge on any atom is 0.248 e. The summed E-state index contributed by atoms with van der Waals surface area (Å²) in [5.41, 5.74) is 6.67. The highest BCUT2D eigenvalue weighted by atomic mass is 16.1. The summed E-state index contributed by atoms with van der Waals surface area (Å²) in [6.07, 6.45) is 1.86. The molecule has 3 N–H and O–H groups in total. The molecule has 1 aromatic heterocycles. The Balaban J connectivity index is 3.02. The first-order chi connectivity index (χ1) is 7.17. The highest BCUT2D eigenvalue weighted by molar-refractivity contribution is 5.93. The third-order valence-electron chi connectivity index (χ3n) is 2.03. The third kappa shape index (κ3) is 3.23. The van der Waals surface area contributed by atoms with Crippen LogP contribution in [0.25, 0.3) is 0 Å². The molecule has 0 radical (unpaired) electrons. The molecule has 0 aliphatic rings. The van der Waals surface area contributed by atoms with Crippen molar-refractivity contribution >= 4 is 11.7 Å². The van der Waals surface area contributed by atoms with E-state index in [1.165, 1.54) is 0 Å². The van der Waals surface area contributed by atoms with Crippen LogP contribution in [-0.4, -0.2) is 17.4 Å². The maximum atomic E-state index is 11.1. The van der Waals surface area contributed by atoms with Crippen LogP contribution >= 0.6 is 0 Å². The molecule has 1 heterocycles. The molecule has 0 aromatic carbocycles. The average molecular weight is 207 g/mol. The lowest BCUT2D eigenvalue weighted by molar-refractivity contribution is 0.1000. The largest absolute Gasteiger partial charge is 0.370 e. The number of nitrogens with zero attached hydrogens (tertiary/aromatic N) is 1. The number of primary amides is 1. The molecule has 1 aromatic rings. The van der Waals surface area contributed by atoms with Crippen LogP contribution in [0.15, 0.2) is 12.1 Å². The number of amides is 1. The van der Waals surface area contributed by atoms with Crippen LogP contribution < -0.4 is 11.1 Å². The minimum absolute atomic E-state index is 0.408. The second-order valence-electron chi connectivity index (χ2n) is 3.38. The van der Waals surface area contributed by atoms with E-state index in [2.05, 4.69) is 17.2 Å². The van der Waals surface area contributed by atoms with E-state index in [-0.39, 0.29) is 0 Å². The SMILES string of the molecule is CCCc1cc(C(N)=O)cc(NCC)n1. The topological polar surface area (TPSA) is 68.0 Å². The van der Waals surface area contributed by atoms with Crippen molar-refractivity contribution in [2.45, 2.75) is 26.7 Å². The van der Waals surface area contributed by atoms with Crippen molar-refractivity contribution in [2.24, 2.45) is 5.73 Å². The first-order valence-corrected chi connectivity index (χ1v) is 5.22. The summed E-state index contributed by atoms with van der Waals surface area (Å²) in [6, 6.07) is 3.44. The van der Waals surface area contributed by atoms with Gasteiger partial charge in [-0.1, -0.05) is 13.3 Å². The van der Waals surface area contributed by atoms with Crippen LogP contribution in [0.5, 0.6) is 0 Å². The van der Waals surface area contributed by atoms with Crippen LogP contribution in [0.1, 0.15) is 36.3 Å². The van der Waals surface area contributed by atoms with E-state index < -0.39 is 5.91 Å². The zero-order valence-electron chi connectivity index (χ0n) is 9.21. The van der Waals surface area contributed by atoms with Crippen molar-refractivity contribution in [3.63, 3.8) is 0 Å².